The molecule has 20 heavy (non-hydrogen) atoms. The van der Waals surface area contributed by atoms with Crippen LogP contribution in [0.5, 0.6) is 0 Å². The van der Waals surface area contributed by atoms with Gasteiger partial charge in [0.1, 0.15) is 5.82 Å². The van der Waals surface area contributed by atoms with Crippen molar-refractivity contribution in [2.75, 3.05) is 0 Å². The summed E-state index contributed by atoms with van der Waals surface area (Å²) in [5.74, 6) is -0.564. The number of ketones is 1. The van der Waals surface area contributed by atoms with Crippen LogP contribution in [0.2, 0.25) is 0 Å². The van der Waals surface area contributed by atoms with Crippen LogP contribution in [0.4, 0.5) is 4.39 Å². The van der Waals surface area contributed by atoms with Gasteiger partial charge < -0.3 is 0 Å². The topological polar surface area (TPSA) is 34.9 Å². The van der Waals surface area contributed by atoms with Crippen molar-refractivity contribution in [1.29, 1.82) is 0 Å². The van der Waals surface area contributed by atoms with Crippen molar-refractivity contribution >= 4 is 27.8 Å². The minimum absolute atomic E-state index is 0.197. The SMILES string of the molecule is CC(C)n1cc(C(=O)/C=C/c2cc(Br)ccc2F)cn1. The first kappa shape index (κ1) is 14.7. The molecule has 1 aromatic heterocycles. The van der Waals surface area contributed by atoms with Gasteiger partial charge in [-0.3, -0.25) is 9.48 Å². The molecular formula is C15H14BrFN2O. The van der Waals surface area contributed by atoms with E-state index in [1.54, 1.807) is 23.0 Å². The number of nitrogens with zero attached hydrogens (tertiary/aromatic N) is 2. The molecule has 0 aliphatic carbocycles. The zero-order valence-electron chi connectivity index (χ0n) is 11.2. The second-order valence-corrected chi connectivity index (χ2v) is 5.58. The molecule has 104 valence electrons. The zero-order valence-corrected chi connectivity index (χ0v) is 12.8. The summed E-state index contributed by atoms with van der Waals surface area (Å²) in [5, 5.41) is 4.10. The Morgan fingerprint density at radius 1 is 1.45 bits per heavy atom. The third kappa shape index (κ3) is 3.42. The van der Waals surface area contributed by atoms with E-state index in [0.29, 0.717) is 11.1 Å². The van der Waals surface area contributed by atoms with Gasteiger partial charge in [-0.05, 0) is 44.2 Å². The molecule has 1 aromatic carbocycles. The van der Waals surface area contributed by atoms with Gasteiger partial charge in [0.05, 0.1) is 11.8 Å². The summed E-state index contributed by atoms with van der Waals surface area (Å²) < 4.78 is 16.0. The molecule has 0 saturated heterocycles. The summed E-state index contributed by atoms with van der Waals surface area (Å²) in [6.45, 7) is 3.96. The second-order valence-electron chi connectivity index (χ2n) is 4.67. The lowest BCUT2D eigenvalue weighted by Gasteiger charge is -2.02. The fourth-order valence-electron chi connectivity index (χ4n) is 1.65. The lowest BCUT2D eigenvalue weighted by Crippen LogP contribution is -2.00. The van der Waals surface area contributed by atoms with Crippen molar-refractivity contribution in [3.8, 4) is 0 Å². The first-order chi connectivity index (χ1) is 9.47. The first-order valence-electron chi connectivity index (χ1n) is 6.19. The monoisotopic (exact) mass is 336 g/mol. The average Bonchev–Trinajstić information content (AvgIpc) is 2.89. The lowest BCUT2D eigenvalue weighted by molar-refractivity contribution is 0.104. The molecule has 3 nitrogen and oxygen atoms in total. The van der Waals surface area contributed by atoms with Crippen molar-refractivity contribution < 1.29 is 9.18 Å². The van der Waals surface area contributed by atoms with Gasteiger partial charge in [0, 0.05) is 22.3 Å². The average molecular weight is 337 g/mol. The number of halogens is 2. The predicted octanol–water partition coefficient (Wildman–Crippen LogP) is 4.26. The second kappa shape index (κ2) is 6.13. The van der Waals surface area contributed by atoms with E-state index in [2.05, 4.69) is 21.0 Å². The Labute approximate surface area is 125 Å². The van der Waals surface area contributed by atoms with Crippen LogP contribution < -0.4 is 0 Å². The van der Waals surface area contributed by atoms with E-state index in [4.69, 9.17) is 0 Å². The Hall–Kier alpha value is -1.75. The third-order valence-electron chi connectivity index (χ3n) is 2.79. The van der Waals surface area contributed by atoms with Gasteiger partial charge in [0.25, 0.3) is 0 Å². The van der Waals surface area contributed by atoms with Gasteiger partial charge in [-0.1, -0.05) is 15.9 Å². The maximum absolute atomic E-state index is 13.5. The molecule has 0 bridgehead atoms. The Morgan fingerprint density at radius 3 is 2.85 bits per heavy atom. The standard InChI is InChI=1S/C15H14BrFN2O/c1-10(2)19-9-12(8-18-19)15(20)6-3-11-7-13(16)4-5-14(11)17/h3-10H,1-2H3/b6-3+. The molecule has 0 aliphatic rings. The molecular weight excluding hydrogens is 323 g/mol. The molecule has 0 fully saturated rings. The molecule has 2 aromatic rings. The summed E-state index contributed by atoms with van der Waals surface area (Å²) in [4.78, 5) is 12.0. The van der Waals surface area contributed by atoms with E-state index >= 15 is 0 Å². The minimum atomic E-state index is -0.366. The largest absolute Gasteiger partial charge is 0.289 e. The normalized spacial score (nSPS) is 11.4. The molecule has 0 saturated carbocycles. The number of hydrogen-bond acceptors (Lipinski definition) is 2. The Bertz CT molecular complexity index is 662. The molecule has 2 rings (SSSR count). The number of aromatic nitrogens is 2. The van der Waals surface area contributed by atoms with E-state index in [-0.39, 0.29) is 17.6 Å². The molecule has 0 spiro atoms. The van der Waals surface area contributed by atoms with E-state index in [9.17, 15) is 9.18 Å². The van der Waals surface area contributed by atoms with Crippen molar-refractivity contribution in [3.63, 3.8) is 0 Å². The number of hydrogen-bond donors (Lipinski definition) is 0. The van der Waals surface area contributed by atoms with E-state index in [1.807, 2.05) is 13.8 Å². The first-order valence-corrected chi connectivity index (χ1v) is 6.98. The van der Waals surface area contributed by atoms with Crippen LogP contribution in [0.25, 0.3) is 6.08 Å². The van der Waals surface area contributed by atoms with Crippen molar-refractivity contribution in [2.24, 2.45) is 0 Å². The van der Waals surface area contributed by atoms with Crippen LogP contribution in [0, 0.1) is 5.82 Å². The number of benzene rings is 1. The van der Waals surface area contributed by atoms with Gasteiger partial charge in [-0.2, -0.15) is 5.10 Å². The molecule has 0 radical (unpaired) electrons. The van der Waals surface area contributed by atoms with Crippen LogP contribution in [-0.2, 0) is 0 Å². The van der Waals surface area contributed by atoms with Gasteiger partial charge in [0.2, 0.25) is 0 Å². The maximum Gasteiger partial charge on any atom is 0.189 e. The molecule has 0 aliphatic heterocycles. The molecule has 0 atom stereocenters. The van der Waals surface area contributed by atoms with Gasteiger partial charge >= 0.3 is 0 Å². The zero-order chi connectivity index (χ0) is 14.7. The van der Waals surface area contributed by atoms with Crippen LogP contribution in [-0.4, -0.2) is 15.6 Å². The molecule has 5 heteroatoms. The Kier molecular flexibility index (Phi) is 4.49. The van der Waals surface area contributed by atoms with Gasteiger partial charge in [-0.25, -0.2) is 4.39 Å². The van der Waals surface area contributed by atoms with Crippen LogP contribution in [0.1, 0.15) is 35.8 Å². The summed E-state index contributed by atoms with van der Waals surface area (Å²) in [5.41, 5.74) is 0.856. The number of rotatable bonds is 4. The van der Waals surface area contributed by atoms with E-state index < -0.39 is 0 Å². The van der Waals surface area contributed by atoms with E-state index in [0.717, 1.165) is 4.47 Å². The Morgan fingerprint density at radius 2 is 2.20 bits per heavy atom. The van der Waals surface area contributed by atoms with Crippen molar-refractivity contribution in [1.82, 2.24) is 9.78 Å². The van der Waals surface area contributed by atoms with Gasteiger partial charge in [0.15, 0.2) is 5.78 Å². The Balaban J connectivity index is 2.18. The summed E-state index contributed by atoms with van der Waals surface area (Å²) in [6, 6.07) is 4.78. The summed E-state index contributed by atoms with van der Waals surface area (Å²) >= 11 is 3.27. The molecule has 0 amide bonds. The maximum atomic E-state index is 13.5. The number of allylic oxidation sites excluding steroid dienone is 1. The number of carbonyl (C=O) groups is 1. The van der Waals surface area contributed by atoms with Crippen LogP contribution >= 0.6 is 15.9 Å². The predicted molar refractivity (Wildman–Crippen MR) is 80.1 cm³/mol. The highest BCUT2D eigenvalue weighted by atomic mass is 79.9. The highest BCUT2D eigenvalue weighted by Gasteiger charge is 2.07. The minimum Gasteiger partial charge on any atom is -0.289 e. The summed E-state index contributed by atoms with van der Waals surface area (Å²) in [6.07, 6.45) is 6.03. The van der Waals surface area contributed by atoms with Gasteiger partial charge in [-0.15, -0.1) is 0 Å². The highest BCUT2D eigenvalue weighted by Crippen LogP contribution is 2.17. The highest BCUT2D eigenvalue weighted by molar-refractivity contribution is 9.10. The molecule has 0 N–H and O–H groups in total. The van der Waals surface area contributed by atoms with Crippen LogP contribution in [0.15, 0.2) is 41.1 Å². The fraction of sp³-hybridized carbons (Fsp3) is 0.200. The van der Waals surface area contributed by atoms with E-state index in [1.165, 1.54) is 24.4 Å². The molecule has 1 heterocycles. The van der Waals surface area contributed by atoms with Crippen LogP contribution in [0.3, 0.4) is 0 Å². The fourth-order valence-corrected chi connectivity index (χ4v) is 2.03. The molecule has 0 unspecified atom stereocenters. The third-order valence-corrected chi connectivity index (χ3v) is 3.28. The summed E-state index contributed by atoms with van der Waals surface area (Å²) in [7, 11) is 0. The number of carbonyl (C=O) groups excluding carboxylic acids is 1. The quantitative estimate of drug-likeness (QED) is 0.617. The van der Waals surface area contributed by atoms with Crippen molar-refractivity contribution in [2.45, 2.75) is 19.9 Å². The van der Waals surface area contributed by atoms with Crippen molar-refractivity contribution in [3.05, 3.63) is 58.1 Å². The lowest BCUT2D eigenvalue weighted by atomic mass is 10.1. The smallest absolute Gasteiger partial charge is 0.189 e.